The molecule has 2 rings (SSSR count). The first-order valence-corrected chi connectivity index (χ1v) is 6.44. The third kappa shape index (κ3) is 3.52. The first kappa shape index (κ1) is 13.0. The average molecular weight is 243 g/mol. The highest BCUT2D eigenvalue weighted by atomic mass is 15.1. The molecule has 0 radical (unpaired) electrons. The van der Waals surface area contributed by atoms with E-state index in [1.807, 2.05) is 19.1 Å². The van der Waals surface area contributed by atoms with Crippen molar-refractivity contribution in [3.8, 4) is 0 Å². The van der Waals surface area contributed by atoms with Crippen LogP contribution in [0.5, 0.6) is 0 Å². The Morgan fingerprint density at radius 2 is 2.00 bits per heavy atom. The summed E-state index contributed by atoms with van der Waals surface area (Å²) in [5, 5.41) is 1.19. The molecule has 3 heteroatoms. The molecule has 1 atom stereocenters. The van der Waals surface area contributed by atoms with Crippen LogP contribution in [0.25, 0.3) is 10.9 Å². The van der Waals surface area contributed by atoms with E-state index in [1.165, 1.54) is 5.39 Å². The molecule has 0 aliphatic carbocycles. The number of rotatable bonds is 5. The lowest BCUT2D eigenvalue weighted by molar-refractivity contribution is 0.310. The number of hydrogen-bond donors (Lipinski definition) is 1. The lowest BCUT2D eigenvalue weighted by Gasteiger charge is -2.17. The number of aromatic nitrogens is 1. The van der Waals surface area contributed by atoms with E-state index in [9.17, 15) is 0 Å². The zero-order valence-electron chi connectivity index (χ0n) is 11.1. The lowest BCUT2D eigenvalue weighted by Crippen LogP contribution is -2.26. The number of fused-ring (bicyclic) bond motifs is 1. The maximum atomic E-state index is 5.77. The maximum Gasteiger partial charge on any atom is 0.0705 e. The second-order valence-corrected chi connectivity index (χ2v) is 5.00. The van der Waals surface area contributed by atoms with Crippen LogP contribution in [0.15, 0.2) is 36.4 Å². The number of benzene rings is 1. The summed E-state index contributed by atoms with van der Waals surface area (Å²) in [5.41, 5.74) is 7.94. The summed E-state index contributed by atoms with van der Waals surface area (Å²) in [6.07, 6.45) is 1.02. The van der Waals surface area contributed by atoms with E-state index in [1.54, 1.807) is 0 Å². The smallest absolute Gasteiger partial charge is 0.0705 e. The molecule has 0 saturated carbocycles. The van der Waals surface area contributed by atoms with Crippen LogP contribution in [-0.2, 0) is 6.54 Å². The van der Waals surface area contributed by atoms with Crippen molar-refractivity contribution >= 4 is 10.9 Å². The second-order valence-electron chi connectivity index (χ2n) is 5.00. The van der Waals surface area contributed by atoms with Crippen LogP contribution in [-0.4, -0.2) is 29.5 Å². The van der Waals surface area contributed by atoms with Crippen molar-refractivity contribution in [1.82, 2.24) is 9.88 Å². The minimum absolute atomic E-state index is 0.261. The van der Waals surface area contributed by atoms with Gasteiger partial charge in [-0.15, -0.1) is 0 Å². The minimum atomic E-state index is 0.261. The molecular weight excluding hydrogens is 222 g/mol. The number of nitrogens with two attached hydrogens (primary N) is 1. The van der Waals surface area contributed by atoms with Crippen molar-refractivity contribution in [2.45, 2.75) is 25.9 Å². The van der Waals surface area contributed by atoms with Gasteiger partial charge in [-0.3, -0.25) is 4.98 Å². The van der Waals surface area contributed by atoms with Gasteiger partial charge in [-0.25, -0.2) is 0 Å². The predicted molar refractivity (Wildman–Crippen MR) is 76.3 cm³/mol. The third-order valence-corrected chi connectivity index (χ3v) is 3.05. The van der Waals surface area contributed by atoms with Crippen molar-refractivity contribution in [1.29, 1.82) is 0 Å². The Morgan fingerprint density at radius 1 is 1.22 bits per heavy atom. The number of hydrogen-bond acceptors (Lipinski definition) is 3. The molecule has 0 amide bonds. The summed E-state index contributed by atoms with van der Waals surface area (Å²) in [6.45, 7) is 3.92. The molecule has 0 saturated heterocycles. The van der Waals surface area contributed by atoms with Gasteiger partial charge in [-0.2, -0.15) is 0 Å². The summed E-state index contributed by atoms with van der Waals surface area (Å²) in [5.74, 6) is 0. The van der Waals surface area contributed by atoms with Gasteiger partial charge in [0.2, 0.25) is 0 Å². The van der Waals surface area contributed by atoms with Gasteiger partial charge in [0, 0.05) is 18.0 Å². The van der Waals surface area contributed by atoms with Crippen LogP contribution in [0.4, 0.5) is 0 Å². The fourth-order valence-electron chi connectivity index (χ4n) is 1.98. The largest absolute Gasteiger partial charge is 0.328 e. The molecule has 3 nitrogen and oxygen atoms in total. The zero-order chi connectivity index (χ0) is 13.0. The van der Waals surface area contributed by atoms with Gasteiger partial charge in [0.1, 0.15) is 0 Å². The van der Waals surface area contributed by atoms with Gasteiger partial charge in [0.05, 0.1) is 11.2 Å². The Hall–Kier alpha value is -1.45. The van der Waals surface area contributed by atoms with E-state index in [0.29, 0.717) is 0 Å². The Balaban J connectivity index is 2.03. The van der Waals surface area contributed by atoms with Crippen molar-refractivity contribution in [3.63, 3.8) is 0 Å². The molecule has 1 heterocycles. The van der Waals surface area contributed by atoms with Crippen LogP contribution >= 0.6 is 0 Å². The monoisotopic (exact) mass is 243 g/mol. The van der Waals surface area contributed by atoms with Crippen molar-refractivity contribution in [2.24, 2.45) is 5.73 Å². The van der Waals surface area contributed by atoms with E-state index in [-0.39, 0.29) is 6.04 Å². The molecule has 2 aromatic rings. The molecule has 2 N–H and O–H groups in total. The van der Waals surface area contributed by atoms with Crippen molar-refractivity contribution in [3.05, 3.63) is 42.1 Å². The maximum absolute atomic E-state index is 5.77. The Morgan fingerprint density at radius 3 is 2.78 bits per heavy atom. The number of para-hydroxylation sites is 1. The normalized spacial score (nSPS) is 13.1. The van der Waals surface area contributed by atoms with Gasteiger partial charge < -0.3 is 10.6 Å². The van der Waals surface area contributed by atoms with E-state index >= 15 is 0 Å². The van der Waals surface area contributed by atoms with Crippen LogP contribution in [0.3, 0.4) is 0 Å². The highest BCUT2D eigenvalue weighted by Gasteiger charge is 2.04. The second kappa shape index (κ2) is 5.94. The van der Waals surface area contributed by atoms with Gasteiger partial charge in [0.25, 0.3) is 0 Å². The molecule has 1 unspecified atom stereocenters. The van der Waals surface area contributed by atoms with Crippen molar-refractivity contribution in [2.75, 3.05) is 13.6 Å². The van der Waals surface area contributed by atoms with E-state index in [0.717, 1.165) is 30.7 Å². The van der Waals surface area contributed by atoms with E-state index in [2.05, 4.69) is 41.2 Å². The number of nitrogens with zero attached hydrogens (tertiary/aromatic N) is 2. The van der Waals surface area contributed by atoms with E-state index in [4.69, 9.17) is 5.73 Å². The van der Waals surface area contributed by atoms with Crippen molar-refractivity contribution < 1.29 is 0 Å². The van der Waals surface area contributed by atoms with Crippen LogP contribution in [0.2, 0.25) is 0 Å². The SMILES string of the molecule is CC(N)CCN(C)Cc1ccc2ccccc2n1. The highest BCUT2D eigenvalue weighted by molar-refractivity contribution is 5.78. The Labute approximate surface area is 109 Å². The molecule has 0 spiro atoms. The van der Waals surface area contributed by atoms with Gasteiger partial charge in [-0.05, 0) is 39.1 Å². The quantitative estimate of drug-likeness (QED) is 0.877. The lowest BCUT2D eigenvalue weighted by atomic mass is 10.2. The molecule has 0 aliphatic rings. The van der Waals surface area contributed by atoms with Gasteiger partial charge in [0.15, 0.2) is 0 Å². The zero-order valence-corrected chi connectivity index (χ0v) is 11.1. The first-order valence-electron chi connectivity index (χ1n) is 6.44. The third-order valence-electron chi connectivity index (χ3n) is 3.05. The molecule has 0 bridgehead atoms. The Bertz CT molecular complexity index is 508. The first-order chi connectivity index (χ1) is 8.65. The standard InChI is InChI=1S/C15H21N3/c1-12(16)9-10-18(2)11-14-8-7-13-5-3-4-6-15(13)17-14/h3-8,12H,9-11,16H2,1-2H3. The average Bonchev–Trinajstić information content (AvgIpc) is 2.36. The van der Waals surface area contributed by atoms with Crippen LogP contribution in [0.1, 0.15) is 19.0 Å². The highest BCUT2D eigenvalue weighted by Crippen LogP contribution is 2.12. The molecule has 96 valence electrons. The van der Waals surface area contributed by atoms with E-state index < -0.39 is 0 Å². The molecule has 0 fully saturated rings. The number of pyridine rings is 1. The molecule has 1 aromatic heterocycles. The summed E-state index contributed by atoms with van der Waals surface area (Å²) in [7, 11) is 2.11. The minimum Gasteiger partial charge on any atom is -0.328 e. The summed E-state index contributed by atoms with van der Waals surface area (Å²) >= 11 is 0. The topological polar surface area (TPSA) is 42.1 Å². The molecule has 0 aliphatic heterocycles. The molecule has 1 aromatic carbocycles. The summed E-state index contributed by atoms with van der Waals surface area (Å²) in [6, 6.07) is 12.7. The summed E-state index contributed by atoms with van der Waals surface area (Å²) in [4.78, 5) is 6.93. The fourth-order valence-corrected chi connectivity index (χ4v) is 1.98. The fraction of sp³-hybridized carbons (Fsp3) is 0.400. The molecule has 18 heavy (non-hydrogen) atoms. The summed E-state index contributed by atoms with van der Waals surface area (Å²) < 4.78 is 0. The van der Waals surface area contributed by atoms with Gasteiger partial charge in [-0.1, -0.05) is 24.3 Å². The Kier molecular flexibility index (Phi) is 4.28. The van der Waals surface area contributed by atoms with Crippen LogP contribution in [0, 0.1) is 0 Å². The molecular formula is C15H21N3. The van der Waals surface area contributed by atoms with Gasteiger partial charge >= 0.3 is 0 Å². The van der Waals surface area contributed by atoms with Crippen LogP contribution < -0.4 is 5.73 Å². The predicted octanol–water partition coefficient (Wildman–Crippen LogP) is 2.40.